The minimum absolute atomic E-state index is 0.0456. The van der Waals surface area contributed by atoms with Crippen molar-refractivity contribution in [1.82, 2.24) is 9.97 Å². The third-order valence-electron chi connectivity index (χ3n) is 2.86. The van der Waals surface area contributed by atoms with Crippen LogP contribution in [-0.2, 0) is 6.61 Å². The topological polar surface area (TPSA) is 81.3 Å². The summed E-state index contributed by atoms with van der Waals surface area (Å²) in [5.41, 5.74) is 8.06. The van der Waals surface area contributed by atoms with Gasteiger partial charge in [-0.1, -0.05) is 24.3 Å². The molecule has 0 spiro atoms. The van der Waals surface area contributed by atoms with Crippen LogP contribution in [0.25, 0.3) is 11.0 Å². The Morgan fingerprint density at radius 2 is 1.75 bits per heavy atom. The molecular weight excluding hydrogens is 254 g/mol. The normalized spacial score (nSPS) is 10.7. The van der Waals surface area contributed by atoms with Crippen LogP contribution in [0.15, 0.2) is 48.5 Å². The number of hydrogen-bond donors (Lipinski definition) is 2. The molecule has 3 rings (SSSR count). The Morgan fingerprint density at radius 1 is 1.00 bits per heavy atom. The number of fused-ring (bicyclic) bond motifs is 1. The minimum Gasteiger partial charge on any atom is -0.436 e. The molecule has 3 N–H and O–H groups in total. The third kappa shape index (κ3) is 2.39. The second kappa shape index (κ2) is 5.14. The van der Waals surface area contributed by atoms with Gasteiger partial charge in [0.2, 0.25) is 0 Å². The van der Waals surface area contributed by atoms with Gasteiger partial charge in [-0.05, 0) is 29.8 Å². The summed E-state index contributed by atoms with van der Waals surface area (Å²) in [6.07, 6.45) is 0. The maximum Gasteiger partial charge on any atom is 0.263 e. The van der Waals surface area contributed by atoms with E-state index in [1.54, 1.807) is 18.2 Å². The van der Waals surface area contributed by atoms with E-state index >= 15 is 0 Å². The summed E-state index contributed by atoms with van der Waals surface area (Å²) in [6, 6.07) is 14.6. The smallest absolute Gasteiger partial charge is 0.263 e. The number of nitrogens with zero attached hydrogens (tertiary/aromatic N) is 2. The molecular formula is C15H13N3O2. The van der Waals surface area contributed by atoms with Crippen molar-refractivity contribution in [1.29, 1.82) is 0 Å². The fourth-order valence-corrected chi connectivity index (χ4v) is 1.89. The van der Waals surface area contributed by atoms with Crippen LogP contribution in [0.1, 0.15) is 5.56 Å². The Labute approximate surface area is 115 Å². The predicted octanol–water partition coefficient (Wildman–Crippen LogP) is 2.50. The van der Waals surface area contributed by atoms with Crippen molar-refractivity contribution < 1.29 is 9.84 Å². The second-order valence-corrected chi connectivity index (χ2v) is 4.31. The molecule has 2 aromatic carbocycles. The zero-order valence-electron chi connectivity index (χ0n) is 10.7. The Hall–Kier alpha value is -2.66. The van der Waals surface area contributed by atoms with Crippen molar-refractivity contribution in [3.05, 3.63) is 54.1 Å². The average Bonchev–Trinajstić information content (AvgIpc) is 2.48. The number of benzene rings is 2. The molecule has 5 nitrogen and oxygen atoms in total. The molecule has 5 heteroatoms. The summed E-state index contributed by atoms with van der Waals surface area (Å²) < 4.78 is 5.65. The fourth-order valence-electron chi connectivity index (χ4n) is 1.89. The van der Waals surface area contributed by atoms with Crippen molar-refractivity contribution in [3.63, 3.8) is 0 Å². The van der Waals surface area contributed by atoms with Crippen LogP contribution in [0.2, 0.25) is 0 Å². The van der Waals surface area contributed by atoms with Crippen molar-refractivity contribution >= 4 is 16.9 Å². The van der Waals surface area contributed by atoms with Crippen LogP contribution < -0.4 is 10.5 Å². The largest absolute Gasteiger partial charge is 0.436 e. The molecule has 0 amide bonds. The second-order valence-electron chi connectivity index (χ2n) is 4.31. The van der Waals surface area contributed by atoms with Gasteiger partial charge in [0.1, 0.15) is 5.75 Å². The molecule has 0 aliphatic carbocycles. The van der Waals surface area contributed by atoms with Gasteiger partial charge in [-0.15, -0.1) is 0 Å². The highest BCUT2D eigenvalue weighted by atomic mass is 16.5. The summed E-state index contributed by atoms with van der Waals surface area (Å²) in [6.45, 7) is -0.0456. The Balaban J connectivity index is 1.99. The molecule has 20 heavy (non-hydrogen) atoms. The van der Waals surface area contributed by atoms with Crippen LogP contribution >= 0.6 is 0 Å². The predicted molar refractivity (Wildman–Crippen MR) is 76.4 cm³/mol. The Morgan fingerprint density at radius 3 is 2.50 bits per heavy atom. The molecule has 0 bridgehead atoms. The maximum absolute atomic E-state index is 9.12. The van der Waals surface area contributed by atoms with Gasteiger partial charge in [0, 0.05) is 0 Å². The number of aliphatic hydroxyl groups is 1. The first-order valence-corrected chi connectivity index (χ1v) is 6.16. The molecule has 0 unspecified atom stereocenters. The summed E-state index contributed by atoms with van der Waals surface area (Å²) in [5.74, 6) is 1.06. The highest BCUT2D eigenvalue weighted by Gasteiger charge is 2.08. The lowest BCUT2D eigenvalue weighted by molar-refractivity contribution is 0.281. The minimum atomic E-state index is -0.0456. The van der Waals surface area contributed by atoms with Crippen molar-refractivity contribution in [2.75, 3.05) is 5.73 Å². The zero-order chi connectivity index (χ0) is 13.9. The van der Waals surface area contributed by atoms with Crippen molar-refractivity contribution in [3.8, 4) is 11.6 Å². The molecule has 0 aliphatic rings. The van der Waals surface area contributed by atoms with Crippen LogP contribution in [0.5, 0.6) is 11.6 Å². The average molecular weight is 267 g/mol. The van der Waals surface area contributed by atoms with Gasteiger partial charge in [0.15, 0.2) is 5.82 Å². The van der Waals surface area contributed by atoms with E-state index in [2.05, 4.69) is 9.97 Å². The van der Waals surface area contributed by atoms with Crippen LogP contribution in [0.3, 0.4) is 0 Å². The van der Waals surface area contributed by atoms with E-state index in [0.29, 0.717) is 5.75 Å². The maximum atomic E-state index is 9.12. The van der Waals surface area contributed by atoms with E-state index in [-0.39, 0.29) is 18.3 Å². The van der Waals surface area contributed by atoms with Gasteiger partial charge in [0.05, 0.1) is 17.6 Å². The van der Waals surface area contributed by atoms with E-state index in [1.807, 2.05) is 30.3 Å². The lowest BCUT2D eigenvalue weighted by atomic mass is 10.2. The molecule has 1 aromatic heterocycles. The lowest BCUT2D eigenvalue weighted by Gasteiger charge is -2.08. The molecule has 1 heterocycles. The number of ether oxygens (including phenoxy) is 1. The van der Waals surface area contributed by atoms with Gasteiger partial charge in [0.25, 0.3) is 5.88 Å². The van der Waals surface area contributed by atoms with Gasteiger partial charge in [-0.25, -0.2) is 9.97 Å². The number of nitrogens with two attached hydrogens (primary N) is 1. The number of aliphatic hydroxyl groups excluding tert-OH is 1. The highest BCUT2D eigenvalue weighted by Crippen LogP contribution is 2.26. The number of anilines is 1. The monoisotopic (exact) mass is 267 g/mol. The van der Waals surface area contributed by atoms with E-state index in [4.69, 9.17) is 15.6 Å². The highest BCUT2D eigenvalue weighted by molar-refractivity contribution is 5.76. The first kappa shape index (κ1) is 12.4. The zero-order valence-corrected chi connectivity index (χ0v) is 10.7. The fraction of sp³-hybridized carbons (Fsp3) is 0.0667. The molecule has 0 fully saturated rings. The molecule has 0 aliphatic heterocycles. The Bertz CT molecular complexity index is 759. The first-order valence-electron chi connectivity index (χ1n) is 6.16. The lowest BCUT2D eigenvalue weighted by Crippen LogP contribution is -1.99. The van der Waals surface area contributed by atoms with E-state index in [1.165, 1.54) is 0 Å². The first-order chi connectivity index (χ1) is 9.76. The van der Waals surface area contributed by atoms with Crippen molar-refractivity contribution in [2.45, 2.75) is 6.61 Å². The van der Waals surface area contributed by atoms with Gasteiger partial charge in [-0.3, -0.25) is 0 Å². The summed E-state index contributed by atoms with van der Waals surface area (Å²) in [4.78, 5) is 8.61. The summed E-state index contributed by atoms with van der Waals surface area (Å²) in [7, 11) is 0. The number of rotatable bonds is 3. The van der Waals surface area contributed by atoms with E-state index in [9.17, 15) is 0 Å². The van der Waals surface area contributed by atoms with Crippen LogP contribution in [0, 0.1) is 0 Å². The number of aromatic nitrogens is 2. The van der Waals surface area contributed by atoms with Gasteiger partial charge in [-0.2, -0.15) is 0 Å². The van der Waals surface area contributed by atoms with Gasteiger partial charge >= 0.3 is 0 Å². The molecule has 0 atom stereocenters. The Kier molecular flexibility index (Phi) is 3.18. The molecule has 100 valence electrons. The number of nitrogen functional groups attached to an aromatic ring is 1. The number of hydrogen-bond acceptors (Lipinski definition) is 5. The summed E-state index contributed by atoms with van der Waals surface area (Å²) >= 11 is 0. The quantitative estimate of drug-likeness (QED) is 0.762. The van der Waals surface area contributed by atoms with Crippen molar-refractivity contribution in [2.24, 2.45) is 0 Å². The van der Waals surface area contributed by atoms with Crippen LogP contribution in [-0.4, -0.2) is 15.1 Å². The standard InChI is InChI=1S/C15H13N3O2/c16-14-15(18-13-7-2-1-6-12(13)17-14)20-11-5-3-4-10(8-11)9-19/h1-8,19H,9H2,(H2,16,17). The molecule has 0 saturated heterocycles. The van der Waals surface area contributed by atoms with Gasteiger partial charge < -0.3 is 15.6 Å². The summed E-state index contributed by atoms with van der Waals surface area (Å²) in [5, 5.41) is 9.12. The molecule has 0 saturated carbocycles. The molecule has 3 aromatic rings. The van der Waals surface area contributed by atoms with Crippen LogP contribution in [0.4, 0.5) is 5.82 Å². The molecule has 0 radical (unpaired) electrons. The van der Waals surface area contributed by atoms with E-state index < -0.39 is 0 Å². The van der Waals surface area contributed by atoms with E-state index in [0.717, 1.165) is 16.6 Å². The SMILES string of the molecule is Nc1nc2ccccc2nc1Oc1cccc(CO)c1. The number of para-hydroxylation sites is 2. The third-order valence-corrected chi connectivity index (χ3v) is 2.86.